The molecule has 1 aromatic rings. The zero-order chi connectivity index (χ0) is 9.97. The van der Waals surface area contributed by atoms with E-state index in [1.165, 1.54) is 5.56 Å². The molecule has 0 unspecified atom stereocenters. The van der Waals surface area contributed by atoms with Gasteiger partial charge in [0.05, 0.1) is 6.61 Å². The van der Waals surface area contributed by atoms with E-state index in [4.69, 9.17) is 10.5 Å². The van der Waals surface area contributed by atoms with E-state index in [1.807, 2.05) is 6.07 Å². The van der Waals surface area contributed by atoms with Crippen molar-refractivity contribution >= 4 is 0 Å². The highest BCUT2D eigenvalue weighted by Crippen LogP contribution is 2.27. The first kappa shape index (κ1) is 9.28. The second-order valence-electron chi connectivity index (χ2n) is 3.58. The van der Waals surface area contributed by atoms with Gasteiger partial charge in [-0.25, -0.2) is 0 Å². The highest BCUT2D eigenvalue weighted by molar-refractivity contribution is 5.40. The predicted octanol–water partition coefficient (Wildman–Crippen LogP) is 2.20. The Balaban J connectivity index is 2.33. The molecule has 1 aliphatic heterocycles. The van der Waals surface area contributed by atoms with Crippen molar-refractivity contribution in [3.05, 3.63) is 42.0 Å². The van der Waals surface area contributed by atoms with Crippen molar-refractivity contribution in [2.75, 3.05) is 6.61 Å². The molecule has 1 aromatic carbocycles. The normalized spacial score (nSPS) is 16.6. The summed E-state index contributed by atoms with van der Waals surface area (Å²) in [5, 5.41) is 0. The van der Waals surface area contributed by atoms with Gasteiger partial charge < -0.3 is 10.5 Å². The minimum atomic E-state index is -0.0918. The van der Waals surface area contributed by atoms with Gasteiger partial charge in [-0.05, 0) is 30.0 Å². The minimum Gasteiger partial charge on any atom is -0.493 e. The molecule has 0 saturated carbocycles. The van der Waals surface area contributed by atoms with Crippen LogP contribution in [0, 0.1) is 0 Å². The molecule has 2 nitrogen and oxygen atoms in total. The molecule has 0 aliphatic carbocycles. The molecule has 14 heavy (non-hydrogen) atoms. The molecule has 2 heteroatoms. The number of ether oxygens (including phenoxy) is 1. The van der Waals surface area contributed by atoms with Crippen LogP contribution in [0.15, 0.2) is 30.9 Å². The number of benzene rings is 1. The molecule has 74 valence electrons. The van der Waals surface area contributed by atoms with Gasteiger partial charge in [0.15, 0.2) is 0 Å². The van der Waals surface area contributed by atoms with E-state index in [2.05, 4.69) is 18.7 Å². The number of hydrogen-bond donors (Lipinski definition) is 1. The van der Waals surface area contributed by atoms with E-state index in [9.17, 15) is 0 Å². The lowest BCUT2D eigenvalue weighted by molar-refractivity contribution is 0.288. The monoisotopic (exact) mass is 189 g/mol. The number of hydrogen-bond acceptors (Lipinski definition) is 2. The molecule has 0 bridgehead atoms. The lowest BCUT2D eigenvalue weighted by Crippen LogP contribution is -2.11. The Morgan fingerprint density at radius 1 is 1.50 bits per heavy atom. The van der Waals surface area contributed by atoms with Crippen molar-refractivity contribution in [3.63, 3.8) is 0 Å². The summed E-state index contributed by atoms with van der Waals surface area (Å²) in [7, 11) is 0. The first-order valence-corrected chi connectivity index (χ1v) is 4.95. The Labute approximate surface area is 84.4 Å². The van der Waals surface area contributed by atoms with Crippen LogP contribution >= 0.6 is 0 Å². The van der Waals surface area contributed by atoms with Crippen molar-refractivity contribution < 1.29 is 4.74 Å². The van der Waals surface area contributed by atoms with Gasteiger partial charge in [-0.1, -0.05) is 18.2 Å². The zero-order valence-electron chi connectivity index (χ0n) is 8.20. The van der Waals surface area contributed by atoms with Crippen LogP contribution in [0.2, 0.25) is 0 Å². The average molecular weight is 189 g/mol. The van der Waals surface area contributed by atoms with Crippen LogP contribution in [-0.4, -0.2) is 6.61 Å². The van der Waals surface area contributed by atoms with Crippen molar-refractivity contribution in [1.29, 1.82) is 0 Å². The maximum absolute atomic E-state index is 5.85. The van der Waals surface area contributed by atoms with E-state index >= 15 is 0 Å². The molecule has 0 spiro atoms. The molecule has 1 aliphatic rings. The van der Waals surface area contributed by atoms with Crippen LogP contribution in [0.5, 0.6) is 5.75 Å². The zero-order valence-corrected chi connectivity index (χ0v) is 8.20. The van der Waals surface area contributed by atoms with Gasteiger partial charge in [-0.3, -0.25) is 0 Å². The molecule has 2 N–H and O–H groups in total. The number of rotatable bonds is 2. The first-order valence-electron chi connectivity index (χ1n) is 4.95. The van der Waals surface area contributed by atoms with Crippen molar-refractivity contribution in [1.82, 2.24) is 0 Å². The molecular formula is C12H15NO. The van der Waals surface area contributed by atoms with Crippen LogP contribution < -0.4 is 10.5 Å². The van der Waals surface area contributed by atoms with Gasteiger partial charge in [0.25, 0.3) is 0 Å². The third-order valence-corrected chi connectivity index (χ3v) is 2.58. The summed E-state index contributed by atoms with van der Waals surface area (Å²) in [6.07, 6.45) is 3.96. The van der Waals surface area contributed by atoms with Crippen LogP contribution in [-0.2, 0) is 6.42 Å². The largest absolute Gasteiger partial charge is 0.493 e. The van der Waals surface area contributed by atoms with Gasteiger partial charge in [-0.2, -0.15) is 0 Å². The number of fused-ring (bicyclic) bond motifs is 1. The molecule has 2 rings (SSSR count). The smallest absolute Gasteiger partial charge is 0.122 e. The Morgan fingerprint density at radius 3 is 3.14 bits per heavy atom. The first-order chi connectivity index (χ1) is 6.81. The lowest BCUT2D eigenvalue weighted by atomic mass is 10.0. The third kappa shape index (κ3) is 1.66. The Kier molecular flexibility index (Phi) is 2.55. The summed E-state index contributed by atoms with van der Waals surface area (Å²) in [6, 6.07) is 6.10. The fourth-order valence-corrected chi connectivity index (χ4v) is 1.70. The number of nitrogens with two attached hydrogens (primary N) is 1. The standard InChI is InChI=1S/C12H15NO/c1-2-11(13)10-6-5-9-4-3-7-14-12(9)8-10/h2,5-6,8,11H,1,3-4,7,13H2/t11-/m0/s1. The van der Waals surface area contributed by atoms with Crippen molar-refractivity contribution in [2.24, 2.45) is 5.73 Å². The quantitative estimate of drug-likeness (QED) is 0.724. The molecule has 0 fully saturated rings. The van der Waals surface area contributed by atoms with E-state index in [-0.39, 0.29) is 6.04 Å². The molecule has 1 heterocycles. The predicted molar refractivity (Wildman–Crippen MR) is 57.4 cm³/mol. The third-order valence-electron chi connectivity index (χ3n) is 2.58. The van der Waals surface area contributed by atoms with Gasteiger partial charge in [0.1, 0.15) is 5.75 Å². The fraction of sp³-hybridized carbons (Fsp3) is 0.333. The van der Waals surface area contributed by atoms with Crippen LogP contribution in [0.25, 0.3) is 0 Å². The summed E-state index contributed by atoms with van der Waals surface area (Å²) in [4.78, 5) is 0. The summed E-state index contributed by atoms with van der Waals surface area (Å²) in [6.45, 7) is 4.50. The average Bonchev–Trinajstić information content (AvgIpc) is 2.27. The summed E-state index contributed by atoms with van der Waals surface area (Å²) >= 11 is 0. The van der Waals surface area contributed by atoms with Crippen LogP contribution in [0.3, 0.4) is 0 Å². The van der Waals surface area contributed by atoms with Crippen molar-refractivity contribution in [2.45, 2.75) is 18.9 Å². The maximum atomic E-state index is 5.85. The van der Waals surface area contributed by atoms with Gasteiger partial charge in [0, 0.05) is 6.04 Å². The highest BCUT2D eigenvalue weighted by atomic mass is 16.5. The van der Waals surface area contributed by atoms with E-state index < -0.39 is 0 Å². The van der Waals surface area contributed by atoms with Crippen LogP contribution in [0.1, 0.15) is 23.6 Å². The fourth-order valence-electron chi connectivity index (χ4n) is 1.70. The van der Waals surface area contributed by atoms with Gasteiger partial charge in [0.2, 0.25) is 0 Å². The minimum absolute atomic E-state index is 0.0918. The second kappa shape index (κ2) is 3.84. The van der Waals surface area contributed by atoms with E-state index in [1.54, 1.807) is 6.08 Å². The second-order valence-corrected chi connectivity index (χ2v) is 3.58. The van der Waals surface area contributed by atoms with Gasteiger partial charge in [-0.15, -0.1) is 6.58 Å². The molecular weight excluding hydrogens is 174 g/mol. The Bertz CT molecular complexity index is 346. The van der Waals surface area contributed by atoms with Crippen molar-refractivity contribution in [3.8, 4) is 5.75 Å². The molecule has 0 radical (unpaired) electrons. The highest BCUT2D eigenvalue weighted by Gasteiger charge is 2.11. The molecule has 0 aromatic heterocycles. The molecule has 1 atom stereocenters. The SMILES string of the molecule is C=C[C@H](N)c1ccc2c(c1)OCCC2. The molecule has 0 saturated heterocycles. The number of aryl methyl sites for hydroxylation is 1. The topological polar surface area (TPSA) is 35.2 Å². The maximum Gasteiger partial charge on any atom is 0.122 e. The summed E-state index contributed by atoms with van der Waals surface area (Å²) < 4.78 is 5.57. The Morgan fingerprint density at radius 2 is 2.36 bits per heavy atom. The van der Waals surface area contributed by atoms with E-state index in [0.717, 1.165) is 30.8 Å². The van der Waals surface area contributed by atoms with E-state index in [0.29, 0.717) is 0 Å². The summed E-state index contributed by atoms with van der Waals surface area (Å²) in [5.74, 6) is 0.992. The Hall–Kier alpha value is -1.28. The van der Waals surface area contributed by atoms with Gasteiger partial charge >= 0.3 is 0 Å². The molecule has 0 amide bonds. The summed E-state index contributed by atoms with van der Waals surface area (Å²) in [5.41, 5.74) is 8.21. The van der Waals surface area contributed by atoms with Crippen LogP contribution in [0.4, 0.5) is 0 Å². The lowest BCUT2D eigenvalue weighted by Gasteiger charge is -2.18.